The van der Waals surface area contributed by atoms with Gasteiger partial charge in [0.2, 0.25) is 5.91 Å². The van der Waals surface area contributed by atoms with Crippen LogP contribution >= 0.6 is 0 Å². The Bertz CT molecular complexity index is 1690. The number of hydrogen-bond acceptors (Lipinski definition) is 7. The molecule has 0 bridgehead atoms. The van der Waals surface area contributed by atoms with Crippen LogP contribution in [0.2, 0.25) is 0 Å². The summed E-state index contributed by atoms with van der Waals surface area (Å²) in [5, 5.41) is 25.8. The number of ether oxygens (including phenoxy) is 3. The Morgan fingerprint density at radius 1 is 0.880 bits per heavy atom. The molecule has 0 aliphatic carbocycles. The van der Waals surface area contributed by atoms with Crippen LogP contribution in [0.4, 0.5) is 15.3 Å². The maximum absolute atomic E-state index is 13.6. The van der Waals surface area contributed by atoms with Crippen LogP contribution in [0.25, 0.3) is 11.1 Å². The summed E-state index contributed by atoms with van der Waals surface area (Å²) in [7, 11) is 1.24. The maximum atomic E-state index is 13.6. The van der Waals surface area contributed by atoms with Gasteiger partial charge in [-0.15, -0.1) is 0 Å². The van der Waals surface area contributed by atoms with E-state index in [1.54, 1.807) is 12.1 Å². The largest absolute Gasteiger partial charge is 0.465 e. The van der Waals surface area contributed by atoms with Crippen LogP contribution in [0.5, 0.6) is 0 Å². The Balaban J connectivity index is 1.21. The monoisotopic (exact) mass is 681 g/mol. The number of alkyl carbamates (subject to hydrolysis) is 1. The molecule has 0 radical (unpaired) electrons. The molecule has 0 spiro atoms. The van der Waals surface area contributed by atoms with Crippen LogP contribution < -0.4 is 10.6 Å². The Morgan fingerprint density at radius 3 is 2.22 bits per heavy atom. The van der Waals surface area contributed by atoms with E-state index in [1.165, 1.54) is 12.0 Å². The van der Waals surface area contributed by atoms with E-state index >= 15 is 0 Å². The third kappa shape index (κ3) is 9.91. The van der Waals surface area contributed by atoms with E-state index in [0.29, 0.717) is 25.1 Å². The second-order valence-electron chi connectivity index (χ2n) is 12.1. The fourth-order valence-corrected chi connectivity index (χ4v) is 6.06. The molecule has 3 amide bonds. The van der Waals surface area contributed by atoms with Gasteiger partial charge >= 0.3 is 12.2 Å². The second kappa shape index (κ2) is 18.0. The Labute approximate surface area is 291 Å². The first-order valence-electron chi connectivity index (χ1n) is 16.6. The molecule has 50 heavy (non-hydrogen) atoms. The van der Waals surface area contributed by atoms with Crippen molar-refractivity contribution in [2.45, 2.75) is 50.2 Å². The van der Waals surface area contributed by atoms with Gasteiger partial charge < -0.3 is 35.1 Å². The molecule has 0 saturated carbocycles. The lowest BCUT2D eigenvalue weighted by Gasteiger charge is -2.42. The molecule has 11 nitrogen and oxygen atoms in total. The normalized spacial score (nSPS) is 17.8. The predicted molar refractivity (Wildman–Crippen MR) is 189 cm³/mol. The summed E-state index contributed by atoms with van der Waals surface area (Å²) < 4.78 is 16.8. The molecule has 262 valence electrons. The van der Waals surface area contributed by atoms with E-state index in [-0.39, 0.29) is 26.2 Å². The number of rotatable bonds is 14. The first-order valence-corrected chi connectivity index (χ1v) is 16.6. The van der Waals surface area contributed by atoms with Crippen molar-refractivity contribution in [1.29, 1.82) is 0 Å². The standard InChI is InChI=1S/C39H43N3O8/c1-48-38(45)41-34(22-27-16-18-30(19-17-27)29-12-6-3-7-13-29)37(44)40-33-15-9-8-14-31(33)20-21-32-23-42(39(46)47)35(36(24-43)50-32)26-49-25-28-10-4-2-5-11-28/h2-19,32,34-36,43H,20-26H2,1H3,(H,40,44)(H,41,45)(H,46,47)/t32-,34+,35-,36-/m1/s1. The van der Waals surface area contributed by atoms with E-state index in [0.717, 1.165) is 27.8 Å². The molecular formula is C39H43N3O8. The number of morpholine rings is 1. The first-order chi connectivity index (χ1) is 24.3. The van der Waals surface area contributed by atoms with Gasteiger partial charge in [0.1, 0.15) is 12.1 Å². The highest BCUT2D eigenvalue weighted by Crippen LogP contribution is 2.25. The molecule has 4 aromatic carbocycles. The fraction of sp³-hybridized carbons (Fsp3) is 0.308. The third-order valence-electron chi connectivity index (χ3n) is 8.73. The van der Waals surface area contributed by atoms with Crippen LogP contribution in [-0.4, -0.2) is 84.4 Å². The van der Waals surface area contributed by atoms with Crippen molar-refractivity contribution in [1.82, 2.24) is 10.2 Å². The average molecular weight is 682 g/mol. The lowest BCUT2D eigenvalue weighted by molar-refractivity contribution is -0.143. The minimum absolute atomic E-state index is 0.0753. The van der Waals surface area contributed by atoms with Gasteiger partial charge in [0.25, 0.3) is 0 Å². The number of aliphatic hydroxyl groups is 1. The maximum Gasteiger partial charge on any atom is 0.407 e. The smallest absolute Gasteiger partial charge is 0.407 e. The average Bonchev–Trinajstić information content (AvgIpc) is 3.15. The Morgan fingerprint density at radius 2 is 1.54 bits per heavy atom. The quantitative estimate of drug-likeness (QED) is 0.136. The SMILES string of the molecule is COC(=O)N[C@@H](Cc1ccc(-c2ccccc2)cc1)C(=O)Nc1ccccc1CC[C@@H]1CN(C(=O)O)[C@H](COCc2ccccc2)[C@@H](CO)O1. The number of aliphatic hydroxyl groups excluding tert-OH is 1. The van der Waals surface area contributed by atoms with E-state index in [4.69, 9.17) is 14.2 Å². The molecule has 1 saturated heterocycles. The minimum atomic E-state index is -1.11. The highest BCUT2D eigenvalue weighted by atomic mass is 16.5. The lowest BCUT2D eigenvalue weighted by atomic mass is 9.99. The first kappa shape index (κ1) is 36.1. The number of para-hydroxylation sites is 1. The zero-order valence-electron chi connectivity index (χ0n) is 27.9. The highest BCUT2D eigenvalue weighted by molar-refractivity contribution is 5.97. The van der Waals surface area contributed by atoms with Gasteiger partial charge in [-0.25, -0.2) is 9.59 Å². The summed E-state index contributed by atoms with van der Waals surface area (Å²) in [5.41, 5.74) is 5.30. The summed E-state index contributed by atoms with van der Waals surface area (Å²) in [6, 6.07) is 33.0. The molecule has 4 atom stereocenters. The van der Waals surface area contributed by atoms with Gasteiger partial charge in [-0.05, 0) is 46.7 Å². The van der Waals surface area contributed by atoms with Gasteiger partial charge in [-0.1, -0.05) is 103 Å². The summed E-state index contributed by atoms with van der Waals surface area (Å²) in [4.78, 5) is 39.4. The zero-order chi connectivity index (χ0) is 35.3. The molecule has 0 aromatic heterocycles. The van der Waals surface area contributed by atoms with Crippen LogP contribution in [0.15, 0.2) is 109 Å². The van der Waals surface area contributed by atoms with E-state index in [2.05, 4.69) is 10.6 Å². The number of carbonyl (C=O) groups excluding carboxylic acids is 2. The van der Waals surface area contributed by atoms with E-state index in [9.17, 15) is 24.6 Å². The van der Waals surface area contributed by atoms with Gasteiger partial charge in [0.15, 0.2) is 0 Å². The van der Waals surface area contributed by atoms with Crippen molar-refractivity contribution in [2.75, 3.05) is 32.2 Å². The van der Waals surface area contributed by atoms with Crippen LogP contribution in [0.3, 0.4) is 0 Å². The van der Waals surface area contributed by atoms with Crippen molar-refractivity contribution in [2.24, 2.45) is 0 Å². The van der Waals surface area contributed by atoms with Crippen LogP contribution in [0.1, 0.15) is 23.1 Å². The zero-order valence-corrected chi connectivity index (χ0v) is 27.9. The molecule has 1 heterocycles. The number of anilines is 1. The number of methoxy groups -OCH3 is 1. The molecule has 4 aromatic rings. The number of benzene rings is 4. The Hall–Kier alpha value is -5.23. The molecule has 1 aliphatic rings. The Kier molecular flexibility index (Phi) is 13.0. The summed E-state index contributed by atoms with van der Waals surface area (Å²) >= 11 is 0. The molecular weight excluding hydrogens is 638 g/mol. The van der Waals surface area contributed by atoms with Gasteiger partial charge in [-0.3, -0.25) is 9.69 Å². The molecule has 1 aliphatic heterocycles. The number of nitrogens with zero attached hydrogens (tertiary/aromatic N) is 1. The van der Waals surface area contributed by atoms with Crippen molar-refractivity contribution >= 4 is 23.8 Å². The molecule has 4 N–H and O–H groups in total. The third-order valence-corrected chi connectivity index (χ3v) is 8.73. The molecule has 5 rings (SSSR count). The summed E-state index contributed by atoms with van der Waals surface area (Å²) in [6.45, 7) is 0.126. The number of carbonyl (C=O) groups is 3. The summed E-state index contributed by atoms with van der Waals surface area (Å²) in [6.07, 6.45) is -1.97. The predicted octanol–water partition coefficient (Wildman–Crippen LogP) is 5.52. The number of hydrogen-bond donors (Lipinski definition) is 4. The number of amides is 3. The van der Waals surface area contributed by atoms with E-state index in [1.807, 2.05) is 97.1 Å². The summed E-state index contributed by atoms with van der Waals surface area (Å²) in [5.74, 6) is -0.417. The van der Waals surface area contributed by atoms with Gasteiger partial charge in [0, 0.05) is 12.1 Å². The van der Waals surface area contributed by atoms with Crippen molar-refractivity contribution < 1.29 is 38.8 Å². The number of nitrogens with one attached hydrogen (secondary N) is 2. The van der Waals surface area contributed by atoms with Crippen molar-refractivity contribution in [3.05, 3.63) is 126 Å². The second-order valence-corrected chi connectivity index (χ2v) is 12.1. The number of carboxylic acid groups (broad SMARTS) is 1. The van der Waals surface area contributed by atoms with Gasteiger partial charge in [-0.2, -0.15) is 0 Å². The number of aryl methyl sites for hydroxylation is 1. The topological polar surface area (TPSA) is 147 Å². The van der Waals surface area contributed by atoms with Crippen LogP contribution in [-0.2, 0) is 38.5 Å². The fourth-order valence-electron chi connectivity index (χ4n) is 6.06. The molecule has 0 unspecified atom stereocenters. The molecule has 11 heteroatoms. The molecule has 1 fully saturated rings. The lowest BCUT2D eigenvalue weighted by Crippen LogP contribution is -2.59. The van der Waals surface area contributed by atoms with Crippen molar-refractivity contribution in [3.63, 3.8) is 0 Å². The van der Waals surface area contributed by atoms with Crippen LogP contribution in [0, 0.1) is 0 Å². The highest BCUT2D eigenvalue weighted by Gasteiger charge is 2.39. The van der Waals surface area contributed by atoms with Crippen molar-refractivity contribution in [3.8, 4) is 11.1 Å². The van der Waals surface area contributed by atoms with Gasteiger partial charge in [0.05, 0.1) is 45.6 Å². The minimum Gasteiger partial charge on any atom is -0.465 e. The van der Waals surface area contributed by atoms with E-state index < -0.39 is 42.4 Å².